The molecule has 8 heteroatoms. The summed E-state index contributed by atoms with van der Waals surface area (Å²) in [7, 11) is 0. The number of hydrogen-bond donors (Lipinski definition) is 1. The molecular weight excluding hydrogens is 342 g/mol. The molecule has 0 bridgehead atoms. The van der Waals surface area contributed by atoms with Crippen molar-refractivity contribution in [1.82, 2.24) is 9.55 Å². The maximum Gasteiger partial charge on any atom is 0.340 e. The van der Waals surface area contributed by atoms with Gasteiger partial charge in [-0.05, 0) is 32.2 Å². The van der Waals surface area contributed by atoms with E-state index in [1.54, 1.807) is 44.4 Å². The highest BCUT2D eigenvalue weighted by molar-refractivity contribution is 7.98. The topological polar surface area (TPSA) is 90.3 Å². The Morgan fingerprint density at radius 2 is 2.04 bits per heavy atom. The summed E-state index contributed by atoms with van der Waals surface area (Å²) in [5.74, 6) is -0.947. The Balaban J connectivity index is 2.22. The van der Waals surface area contributed by atoms with Crippen LogP contribution in [0.1, 0.15) is 23.0 Å². The third kappa shape index (κ3) is 4.69. The zero-order valence-corrected chi connectivity index (χ0v) is 15.1. The van der Waals surface area contributed by atoms with Crippen LogP contribution < -0.4 is 10.9 Å². The molecular formula is C17H19N3O4S. The molecule has 0 aliphatic carbocycles. The van der Waals surface area contributed by atoms with Crippen LogP contribution in [0.25, 0.3) is 0 Å². The Kier molecular flexibility index (Phi) is 6.35. The molecule has 132 valence electrons. The standard InChI is InChI=1S/C17H19N3O4S/c1-4-24-16(23)12-7-5-6-8-13(12)19-14(21)10-20-15(22)9-11(2)18-17(20)25-3/h5-9H,4,10H2,1-3H3,(H,19,21). The van der Waals surface area contributed by atoms with Gasteiger partial charge in [0.05, 0.1) is 17.9 Å². The van der Waals surface area contributed by atoms with Crippen LogP contribution in [0, 0.1) is 6.92 Å². The van der Waals surface area contributed by atoms with E-state index in [1.165, 1.54) is 22.4 Å². The number of carbonyl (C=O) groups is 2. The fourth-order valence-electron chi connectivity index (χ4n) is 2.21. The maximum atomic E-state index is 12.4. The number of nitrogens with zero attached hydrogens (tertiary/aromatic N) is 2. The molecule has 1 N–H and O–H groups in total. The van der Waals surface area contributed by atoms with Crippen molar-refractivity contribution in [3.05, 3.63) is 51.9 Å². The lowest BCUT2D eigenvalue weighted by atomic mass is 10.2. The molecule has 0 radical (unpaired) electrons. The number of hydrogen-bond acceptors (Lipinski definition) is 6. The number of carbonyl (C=O) groups excluding carboxylic acids is 2. The van der Waals surface area contributed by atoms with Crippen LogP contribution in [0.15, 0.2) is 40.3 Å². The van der Waals surface area contributed by atoms with Gasteiger partial charge in [0.2, 0.25) is 5.91 Å². The zero-order chi connectivity index (χ0) is 18.4. The molecule has 7 nitrogen and oxygen atoms in total. The molecule has 1 heterocycles. The van der Waals surface area contributed by atoms with Crippen molar-refractivity contribution in [2.24, 2.45) is 0 Å². The Hall–Kier alpha value is -2.61. The van der Waals surface area contributed by atoms with Gasteiger partial charge < -0.3 is 10.1 Å². The van der Waals surface area contributed by atoms with E-state index in [4.69, 9.17) is 4.74 Å². The van der Waals surface area contributed by atoms with E-state index in [9.17, 15) is 14.4 Å². The van der Waals surface area contributed by atoms with E-state index in [2.05, 4.69) is 10.3 Å². The predicted molar refractivity (Wildman–Crippen MR) is 96.0 cm³/mol. The van der Waals surface area contributed by atoms with E-state index in [-0.39, 0.29) is 24.3 Å². The number of thioether (sulfide) groups is 1. The highest BCUT2D eigenvalue weighted by Gasteiger charge is 2.15. The van der Waals surface area contributed by atoms with E-state index in [1.807, 2.05) is 0 Å². The maximum absolute atomic E-state index is 12.4. The molecule has 1 aromatic carbocycles. The number of ether oxygens (including phenoxy) is 1. The average Bonchev–Trinajstić information content (AvgIpc) is 2.57. The summed E-state index contributed by atoms with van der Waals surface area (Å²) in [6, 6.07) is 7.93. The molecule has 0 saturated heterocycles. The van der Waals surface area contributed by atoms with Gasteiger partial charge in [0, 0.05) is 11.8 Å². The molecule has 0 unspecified atom stereocenters. The molecule has 1 amide bonds. The molecule has 0 aliphatic heterocycles. The lowest BCUT2D eigenvalue weighted by Crippen LogP contribution is -2.29. The van der Waals surface area contributed by atoms with Crippen molar-refractivity contribution in [3.63, 3.8) is 0 Å². The van der Waals surface area contributed by atoms with Crippen LogP contribution >= 0.6 is 11.8 Å². The van der Waals surface area contributed by atoms with E-state index < -0.39 is 11.9 Å². The minimum absolute atomic E-state index is 0.195. The molecule has 0 saturated carbocycles. The normalized spacial score (nSPS) is 10.4. The monoisotopic (exact) mass is 361 g/mol. The summed E-state index contributed by atoms with van der Waals surface area (Å²) >= 11 is 1.28. The molecule has 1 aromatic heterocycles. The number of rotatable bonds is 6. The number of esters is 1. The minimum atomic E-state index is -0.516. The van der Waals surface area contributed by atoms with E-state index >= 15 is 0 Å². The van der Waals surface area contributed by atoms with Crippen LogP contribution in [0.5, 0.6) is 0 Å². The van der Waals surface area contributed by atoms with Crippen molar-refractivity contribution < 1.29 is 14.3 Å². The Morgan fingerprint density at radius 1 is 1.32 bits per heavy atom. The second kappa shape index (κ2) is 8.48. The third-order valence-electron chi connectivity index (χ3n) is 3.28. The van der Waals surface area contributed by atoms with Crippen LogP contribution in [-0.2, 0) is 16.1 Å². The first kappa shape index (κ1) is 18.7. The summed E-state index contributed by atoms with van der Waals surface area (Å²) < 4.78 is 6.27. The lowest BCUT2D eigenvalue weighted by molar-refractivity contribution is -0.116. The van der Waals surface area contributed by atoms with E-state index in [0.717, 1.165) is 0 Å². The van der Waals surface area contributed by atoms with Gasteiger partial charge in [0.1, 0.15) is 6.54 Å². The minimum Gasteiger partial charge on any atom is -0.462 e. The largest absolute Gasteiger partial charge is 0.462 e. The van der Waals surface area contributed by atoms with E-state index in [0.29, 0.717) is 16.5 Å². The van der Waals surface area contributed by atoms with Gasteiger partial charge in [-0.25, -0.2) is 9.78 Å². The van der Waals surface area contributed by atoms with Crippen LogP contribution in [0.2, 0.25) is 0 Å². The van der Waals surface area contributed by atoms with Crippen molar-refractivity contribution in [1.29, 1.82) is 0 Å². The quantitative estimate of drug-likeness (QED) is 0.481. The number of aryl methyl sites for hydroxylation is 1. The van der Waals surface area contributed by atoms with Crippen molar-refractivity contribution in [2.75, 3.05) is 18.2 Å². The number of anilines is 1. The van der Waals surface area contributed by atoms with Gasteiger partial charge in [-0.15, -0.1) is 0 Å². The Morgan fingerprint density at radius 3 is 2.72 bits per heavy atom. The number of para-hydroxylation sites is 1. The number of nitrogens with one attached hydrogen (secondary N) is 1. The Bertz CT molecular complexity index is 848. The van der Waals surface area contributed by atoms with Crippen LogP contribution in [0.3, 0.4) is 0 Å². The third-order valence-corrected chi connectivity index (χ3v) is 3.96. The van der Waals surface area contributed by atoms with Crippen molar-refractivity contribution in [3.8, 4) is 0 Å². The smallest absolute Gasteiger partial charge is 0.340 e. The second-order valence-electron chi connectivity index (χ2n) is 5.12. The number of amides is 1. The lowest BCUT2D eigenvalue weighted by Gasteiger charge is -2.13. The van der Waals surface area contributed by atoms with Gasteiger partial charge in [-0.1, -0.05) is 23.9 Å². The number of aromatic nitrogens is 2. The van der Waals surface area contributed by atoms with Gasteiger partial charge in [-0.2, -0.15) is 0 Å². The summed E-state index contributed by atoms with van der Waals surface area (Å²) in [5, 5.41) is 3.11. The zero-order valence-electron chi connectivity index (χ0n) is 14.2. The second-order valence-corrected chi connectivity index (χ2v) is 5.90. The first-order chi connectivity index (χ1) is 12.0. The molecule has 0 spiro atoms. The molecule has 0 atom stereocenters. The molecule has 0 fully saturated rings. The number of benzene rings is 1. The molecule has 0 aliphatic rings. The van der Waals surface area contributed by atoms with Crippen LogP contribution in [-0.4, -0.2) is 34.3 Å². The molecule has 2 aromatic rings. The highest BCUT2D eigenvalue weighted by atomic mass is 32.2. The predicted octanol–water partition coefficient (Wildman–Crippen LogP) is 2.09. The highest BCUT2D eigenvalue weighted by Crippen LogP contribution is 2.17. The summed E-state index contributed by atoms with van der Waals surface area (Å²) in [6.45, 7) is 3.48. The summed E-state index contributed by atoms with van der Waals surface area (Å²) in [5.41, 5.74) is 0.895. The van der Waals surface area contributed by atoms with Gasteiger partial charge >= 0.3 is 5.97 Å². The van der Waals surface area contributed by atoms with Gasteiger partial charge in [0.15, 0.2) is 5.16 Å². The molecule has 2 rings (SSSR count). The Labute approximate surface area is 149 Å². The van der Waals surface area contributed by atoms with Crippen molar-refractivity contribution >= 4 is 29.3 Å². The first-order valence-corrected chi connectivity index (χ1v) is 8.87. The summed E-state index contributed by atoms with van der Waals surface area (Å²) in [4.78, 5) is 40.7. The summed E-state index contributed by atoms with van der Waals surface area (Å²) in [6.07, 6.45) is 1.78. The van der Waals surface area contributed by atoms with Gasteiger partial charge in [0.25, 0.3) is 5.56 Å². The average molecular weight is 361 g/mol. The van der Waals surface area contributed by atoms with Gasteiger partial charge in [-0.3, -0.25) is 14.2 Å². The van der Waals surface area contributed by atoms with Crippen molar-refractivity contribution in [2.45, 2.75) is 25.5 Å². The fraction of sp³-hybridized carbons (Fsp3) is 0.294. The fourth-order valence-corrected chi connectivity index (χ4v) is 2.82. The first-order valence-electron chi connectivity index (χ1n) is 7.64. The van der Waals surface area contributed by atoms with Crippen LogP contribution in [0.4, 0.5) is 5.69 Å². The molecule has 25 heavy (non-hydrogen) atoms. The SMILES string of the molecule is CCOC(=O)c1ccccc1NC(=O)Cn1c(SC)nc(C)cc1=O.